The molecular weight excluding hydrogens is 254 g/mol. The molecule has 1 aromatic heterocycles. The van der Waals surface area contributed by atoms with Gasteiger partial charge < -0.3 is 9.94 Å². The van der Waals surface area contributed by atoms with Crippen LogP contribution in [0.1, 0.15) is 30.5 Å². The summed E-state index contributed by atoms with van der Waals surface area (Å²) in [7, 11) is 0. The van der Waals surface area contributed by atoms with E-state index in [0.717, 1.165) is 23.2 Å². The number of aryl methyl sites for hydroxylation is 2. The van der Waals surface area contributed by atoms with Crippen molar-refractivity contribution in [1.82, 2.24) is 9.78 Å². The van der Waals surface area contributed by atoms with E-state index in [2.05, 4.69) is 10.3 Å². The lowest BCUT2D eigenvalue weighted by atomic mass is 10.1. The van der Waals surface area contributed by atoms with E-state index in [9.17, 15) is 0 Å². The van der Waals surface area contributed by atoms with Gasteiger partial charge >= 0.3 is 0 Å². The fraction of sp³-hybridized carbons (Fsp3) is 0.333. The topological polar surface area (TPSA) is 59.6 Å². The van der Waals surface area contributed by atoms with Crippen LogP contribution in [-0.4, -0.2) is 20.7 Å². The Bertz CT molecular complexity index is 617. The number of hydrogen-bond donors (Lipinski definition) is 1. The van der Waals surface area contributed by atoms with Gasteiger partial charge in [0, 0.05) is 23.9 Å². The van der Waals surface area contributed by atoms with E-state index < -0.39 is 0 Å². The van der Waals surface area contributed by atoms with Crippen LogP contribution in [0.3, 0.4) is 0 Å². The zero-order valence-electron chi connectivity index (χ0n) is 12.0. The number of ether oxygens (including phenoxy) is 1. The summed E-state index contributed by atoms with van der Waals surface area (Å²) in [5.41, 5.74) is 3.43. The third kappa shape index (κ3) is 3.17. The average Bonchev–Trinajstić information content (AvgIpc) is 2.92. The van der Waals surface area contributed by atoms with Crippen molar-refractivity contribution in [2.45, 2.75) is 33.9 Å². The normalized spacial score (nSPS) is 11.7. The first-order valence-electron chi connectivity index (χ1n) is 6.58. The van der Waals surface area contributed by atoms with Crippen molar-refractivity contribution in [3.8, 4) is 5.75 Å². The van der Waals surface area contributed by atoms with Crippen molar-refractivity contribution in [2.75, 3.05) is 0 Å². The molecule has 2 aromatic rings. The highest BCUT2D eigenvalue weighted by atomic mass is 16.5. The van der Waals surface area contributed by atoms with Gasteiger partial charge in [0.1, 0.15) is 12.4 Å². The molecule has 20 heavy (non-hydrogen) atoms. The van der Waals surface area contributed by atoms with Gasteiger partial charge in [0.2, 0.25) is 0 Å². The third-order valence-electron chi connectivity index (χ3n) is 3.08. The van der Waals surface area contributed by atoms with E-state index in [1.807, 2.05) is 42.9 Å². The van der Waals surface area contributed by atoms with Gasteiger partial charge in [0.15, 0.2) is 0 Å². The minimum atomic E-state index is 0.440. The van der Waals surface area contributed by atoms with Gasteiger partial charge in [-0.2, -0.15) is 5.10 Å². The van der Waals surface area contributed by atoms with E-state index in [4.69, 9.17) is 9.94 Å². The van der Waals surface area contributed by atoms with Gasteiger partial charge in [-0.1, -0.05) is 11.2 Å². The van der Waals surface area contributed by atoms with Crippen LogP contribution in [-0.2, 0) is 13.2 Å². The van der Waals surface area contributed by atoms with Crippen LogP contribution < -0.4 is 4.74 Å². The molecule has 0 unspecified atom stereocenters. The molecule has 0 aliphatic rings. The van der Waals surface area contributed by atoms with E-state index in [-0.39, 0.29) is 0 Å². The molecule has 1 N–H and O–H groups in total. The van der Waals surface area contributed by atoms with Gasteiger partial charge in [-0.25, -0.2) is 0 Å². The predicted octanol–water partition coefficient (Wildman–Crippen LogP) is 2.99. The summed E-state index contributed by atoms with van der Waals surface area (Å²) in [6.07, 6.45) is 3.76. The van der Waals surface area contributed by atoms with Crippen LogP contribution >= 0.6 is 0 Å². The molecule has 106 valence electrons. The molecule has 2 rings (SSSR count). The van der Waals surface area contributed by atoms with Crippen molar-refractivity contribution in [2.24, 2.45) is 5.16 Å². The minimum absolute atomic E-state index is 0.440. The standard InChI is InChI=1S/C15H19N3O2/c1-4-18-9-13(8-16-18)10-20-15-7-11(2)5-6-14(15)12(3)17-19/h5-9,19H,4,10H2,1-3H3. The van der Waals surface area contributed by atoms with Crippen molar-refractivity contribution >= 4 is 5.71 Å². The van der Waals surface area contributed by atoms with Crippen LogP contribution in [0, 0.1) is 6.92 Å². The Morgan fingerprint density at radius 3 is 2.90 bits per heavy atom. The second-order valence-electron chi connectivity index (χ2n) is 4.68. The van der Waals surface area contributed by atoms with Crippen LogP contribution in [0.15, 0.2) is 35.7 Å². The molecule has 0 aliphatic heterocycles. The Balaban J connectivity index is 2.17. The highest BCUT2D eigenvalue weighted by Gasteiger charge is 2.08. The number of aromatic nitrogens is 2. The highest BCUT2D eigenvalue weighted by Crippen LogP contribution is 2.22. The molecule has 0 spiro atoms. The maximum absolute atomic E-state index is 8.92. The summed E-state index contributed by atoms with van der Waals surface area (Å²) in [5, 5.41) is 16.4. The molecule has 0 atom stereocenters. The molecule has 1 aromatic carbocycles. The molecule has 0 radical (unpaired) electrons. The highest BCUT2D eigenvalue weighted by molar-refractivity contribution is 6.00. The summed E-state index contributed by atoms with van der Waals surface area (Å²) in [4.78, 5) is 0. The van der Waals surface area contributed by atoms with Crippen LogP contribution in [0.25, 0.3) is 0 Å². The van der Waals surface area contributed by atoms with Crippen molar-refractivity contribution < 1.29 is 9.94 Å². The second-order valence-corrected chi connectivity index (χ2v) is 4.68. The zero-order chi connectivity index (χ0) is 14.5. The number of oxime groups is 1. The predicted molar refractivity (Wildman–Crippen MR) is 77.4 cm³/mol. The van der Waals surface area contributed by atoms with Crippen molar-refractivity contribution in [1.29, 1.82) is 0 Å². The smallest absolute Gasteiger partial charge is 0.129 e. The van der Waals surface area contributed by atoms with Crippen LogP contribution in [0.2, 0.25) is 0 Å². The van der Waals surface area contributed by atoms with Gasteiger partial charge in [-0.15, -0.1) is 0 Å². The largest absolute Gasteiger partial charge is 0.488 e. The van der Waals surface area contributed by atoms with Gasteiger partial charge in [0.05, 0.1) is 11.9 Å². The summed E-state index contributed by atoms with van der Waals surface area (Å²) >= 11 is 0. The summed E-state index contributed by atoms with van der Waals surface area (Å²) in [5.74, 6) is 0.713. The Kier molecular flexibility index (Phi) is 4.40. The Labute approximate surface area is 118 Å². The fourth-order valence-corrected chi connectivity index (χ4v) is 1.92. The zero-order valence-corrected chi connectivity index (χ0v) is 12.0. The van der Waals surface area contributed by atoms with E-state index in [0.29, 0.717) is 18.1 Å². The Morgan fingerprint density at radius 1 is 1.45 bits per heavy atom. The Hall–Kier alpha value is -2.30. The number of nitrogens with zero attached hydrogens (tertiary/aromatic N) is 3. The quantitative estimate of drug-likeness (QED) is 0.517. The fourth-order valence-electron chi connectivity index (χ4n) is 1.92. The first kappa shape index (κ1) is 14.1. The van der Waals surface area contributed by atoms with E-state index >= 15 is 0 Å². The monoisotopic (exact) mass is 273 g/mol. The molecule has 0 aliphatic carbocycles. The van der Waals surface area contributed by atoms with Crippen molar-refractivity contribution in [3.05, 3.63) is 47.3 Å². The molecule has 5 heteroatoms. The molecule has 0 saturated carbocycles. The summed E-state index contributed by atoms with van der Waals surface area (Å²) in [6.45, 7) is 7.06. The summed E-state index contributed by atoms with van der Waals surface area (Å²) < 4.78 is 7.70. The lowest BCUT2D eigenvalue weighted by molar-refractivity contribution is 0.303. The van der Waals surface area contributed by atoms with Gasteiger partial charge in [0.25, 0.3) is 0 Å². The molecule has 0 amide bonds. The number of rotatable bonds is 5. The Morgan fingerprint density at radius 2 is 2.25 bits per heavy atom. The van der Waals surface area contributed by atoms with Gasteiger partial charge in [-0.05, 0) is 38.5 Å². The number of hydrogen-bond acceptors (Lipinski definition) is 4. The molecule has 5 nitrogen and oxygen atoms in total. The molecule has 0 saturated heterocycles. The van der Waals surface area contributed by atoms with Gasteiger partial charge in [-0.3, -0.25) is 4.68 Å². The summed E-state index contributed by atoms with van der Waals surface area (Å²) in [6, 6.07) is 5.80. The maximum atomic E-state index is 8.92. The average molecular weight is 273 g/mol. The lowest BCUT2D eigenvalue weighted by Crippen LogP contribution is -2.02. The lowest BCUT2D eigenvalue weighted by Gasteiger charge is -2.11. The number of benzene rings is 1. The molecule has 0 bridgehead atoms. The second kappa shape index (κ2) is 6.23. The molecular formula is C15H19N3O2. The first-order chi connectivity index (χ1) is 9.63. The first-order valence-corrected chi connectivity index (χ1v) is 6.58. The van der Waals surface area contributed by atoms with Crippen LogP contribution in [0.4, 0.5) is 0 Å². The molecule has 1 heterocycles. The van der Waals surface area contributed by atoms with Crippen LogP contribution in [0.5, 0.6) is 5.75 Å². The minimum Gasteiger partial charge on any atom is -0.488 e. The SMILES string of the molecule is CCn1cc(COc2cc(C)ccc2C(C)=NO)cn1. The molecule has 0 fully saturated rings. The third-order valence-corrected chi connectivity index (χ3v) is 3.08. The van der Waals surface area contributed by atoms with E-state index in [1.54, 1.807) is 13.1 Å². The van der Waals surface area contributed by atoms with Crippen molar-refractivity contribution in [3.63, 3.8) is 0 Å². The maximum Gasteiger partial charge on any atom is 0.129 e. The van der Waals surface area contributed by atoms with E-state index in [1.165, 1.54) is 0 Å².